The predicted molar refractivity (Wildman–Crippen MR) is 124 cm³/mol. The smallest absolute Gasteiger partial charge is 0.169 e. The topological polar surface area (TPSA) is 56.2 Å². The first-order valence-electron chi connectivity index (χ1n) is 9.87. The van der Waals surface area contributed by atoms with Gasteiger partial charge >= 0.3 is 0 Å². The molecule has 1 aliphatic rings. The number of aliphatic imine (C=N–C) groups is 1. The van der Waals surface area contributed by atoms with E-state index >= 15 is 0 Å². The monoisotopic (exact) mass is 446 g/mol. The lowest BCUT2D eigenvalue weighted by atomic mass is 9.96. The van der Waals surface area contributed by atoms with Gasteiger partial charge in [0.1, 0.15) is 6.04 Å². The van der Waals surface area contributed by atoms with Crippen molar-refractivity contribution in [2.45, 2.75) is 26.8 Å². The van der Waals surface area contributed by atoms with Crippen molar-refractivity contribution in [1.82, 2.24) is 14.9 Å². The molecule has 0 aliphatic carbocycles. The molecule has 1 atom stereocenters. The van der Waals surface area contributed by atoms with Crippen molar-refractivity contribution in [3.63, 3.8) is 0 Å². The first-order valence-corrected chi connectivity index (χ1v) is 11.1. The minimum atomic E-state index is -0.147. The van der Waals surface area contributed by atoms with Crippen LogP contribution in [-0.4, -0.2) is 20.6 Å². The molecule has 0 saturated carbocycles. The summed E-state index contributed by atoms with van der Waals surface area (Å²) in [4.78, 5) is 7.15. The number of aromatic nitrogens is 3. The normalized spacial score (nSPS) is 14.9. The van der Waals surface area contributed by atoms with E-state index in [0.717, 1.165) is 54.7 Å². The third-order valence-corrected chi connectivity index (χ3v) is 6.82. The first-order chi connectivity index (χ1) is 14.9. The van der Waals surface area contributed by atoms with E-state index in [-0.39, 0.29) is 6.04 Å². The molecule has 7 heteroatoms. The van der Waals surface area contributed by atoms with Crippen LogP contribution < -0.4 is 0 Å². The van der Waals surface area contributed by atoms with Crippen LogP contribution in [-0.2, 0) is 7.05 Å². The Morgan fingerprint density at radius 2 is 1.90 bits per heavy atom. The fourth-order valence-electron chi connectivity index (χ4n) is 3.80. The Morgan fingerprint density at radius 3 is 2.61 bits per heavy atom. The average Bonchev–Trinajstić information content (AvgIpc) is 3.40. The molecule has 1 aromatic carbocycles. The maximum atomic E-state index is 6.14. The molecule has 0 N–H and O–H groups in total. The minimum Gasteiger partial charge on any atom is -0.358 e. The summed E-state index contributed by atoms with van der Waals surface area (Å²) in [6, 6.07) is 7.65. The largest absolute Gasteiger partial charge is 0.358 e. The summed E-state index contributed by atoms with van der Waals surface area (Å²) in [6.07, 6.45) is 3.68. The Labute approximate surface area is 189 Å². The lowest BCUT2D eigenvalue weighted by Crippen LogP contribution is -2.06. The fraction of sp³-hybridized carbons (Fsp3) is 0.208. The molecule has 4 heterocycles. The van der Waals surface area contributed by atoms with Gasteiger partial charge in [0, 0.05) is 29.4 Å². The average molecular weight is 447 g/mol. The van der Waals surface area contributed by atoms with Crippen molar-refractivity contribution < 1.29 is 4.52 Å². The molecule has 0 bridgehead atoms. The number of hydrogen-bond acceptors (Lipinski definition) is 5. The molecule has 3 aromatic heterocycles. The molecule has 5 rings (SSSR count). The van der Waals surface area contributed by atoms with Crippen molar-refractivity contribution in [1.29, 1.82) is 0 Å². The van der Waals surface area contributed by atoms with Gasteiger partial charge < -0.3 is 4.52 Å². The number of benzene rings is 1. The van der Waals surface area contributed by atoms with Gasteiger partial charge in [-0.15, -0.1) is 11.3 Å². The Hall–Kier alpha value is -3.14. The Balaban J connectivity index is 1.74. The molecule has 5 nitrogen and oxygen atoms in total. The Kier molecular flexibility index (Phi) is 4.81. The van der Waals surface area contributed by atoms with E-state index in [2.05, 4.69) is 29.0 Å². The summed E-state index contributed by atoms with van der Waals surface area (Å²) in [5.41, 5.74) is 6.90. The van der Waals surface area contributed by atoms with Crippen molar-refractivity contribution in [3.8, 4) is 22.3 Å². The van der Waals surface area contributed by atoms with Gasteiger partial charge in [0.05, 0.1) is 38.5 Å². The highest BCUT2D eigenvalue weighted by Gasteiger charge is 2.31. The lowest BCUT2D eigenvalue weighted by molar-refractivity contribution is 0.366. The maximum absolute atomic E-state index is 6.14. The third kappa shape index (κ3) is 3.40. The van der Waals surface area contributed by atoms with Crippen LogP contribution >= 0.6 is 22.9 Å². The van der Waals surface area contributed by atoms with Gasteiger partial charge in [-0.25, -0.2) is 0 Å². The van der Waals surface area contributed by atoms with Gasteiger partial charge in [-0.05, 0) is 38.5 Å². The van der Waals surface area contributed by atoms with Gasteiger partial charge in [0.2, 0.25) is 0 Å². The summed E-state index contributed by atoms with van der Waals surface area (Å²) in [5.74, 6) is 7.36. The van der Waals surface area contributed by atoms with Gasteiger partial charge in [-0.3, -0.25) is 9.67 Å². The molecule has 0 saturated heterocycles. The van der Waals surface area contributed by atoms with Crippen LogP contribution in [0.15, 0.2) is 46.2 Å². The highest BCUT2D eigenvalue weighted by Crippen LogP contribution is 2.45. The second kappa shape index (κ2) is 7.52. The summed E-state index contributed by atoms with van der Waals surface area (Å²) >= 11 is 7.80. The molecule has 154 valence electrons. The Bertz CT molecular complexity index is 1400. The van der Waals surface area contributed by atoms with E-state index in [1.807, 2.05) is 51.4 Å². The van der Waals surface area contributed by atoms with Gasteiger partial charge in [0.25, 0.3) is 0 Å². The van der Waals surface area contributed by atoms with Crippen molar-refractivity contribution in [2.75, 3.05) is 0 Å². The van der Waals surface area contributed by atoms with E-state index in [1.165, 1.54) is 0 Å². The zero-order valence-electron chi connectivity index (χ0n) is 17.5. The number of fused-ring (bicyclic) bond motifs is 3. The van der Waals surface area contributed by atoms with Crippen molar-refractivity contribution >= 4 is 28.6 Å². The van der Waals surface area contributed by atoms with Gasteiger partial charge in [-0.2, -0.15) is 5.10 Å². The molecule has 31 heavy (non-hydrogen) atoms. The van der Waals surface area contributed by atoms with E-state index in [9.17, 15) is 0 Å². The van der Waals surface area contributed by atoms with E-state index < -0.39 is 0 Å². The van der Waals surface area contributed by atoms with Crippen LogP contribution in [0.2, 0.25) is 5.02 Å². The van der Waals surface area contributed by atoms with Crippen molar-refractivity contribution in [2.24, 2.45) is 12.0 Å². The predicted octanol–water partition coefficient (Wildman–Crippen LogP) is 5.72. The number of nitrogens with zero attached hydrogens (tertiary/aromatic N) is 4. The SMILES string of the molecule is Cc1noc2c1-c1sc(C#Cc3cnn(C)c3)c(C)c1C(c1ccc(Cl)cc1)=N[C@H]2C. The highest BCUT2D eigenvalue weighted by molar-refractivity contribution is 7.16. The third-order valence-electron chi connectivity index (χ3n) is 5.34. The highest BCUT2D eigenvalue weighted by atomic mass is 35.5. The molecular weight excluding hydrogens is 428 g/mol. The molecule has 1 aliphatic heterocycles. The second-order valence-electron chi connectivity index (χ2n) is 7.58. The summed E-state index contributed by atoms with van der Waals surface area (Å²) in [7, 11) is 1.88. The van der Waals surface area contributed by atoms with Crippen LogP contribution in [0.25, 0.3) is 10.4 Å². The molecule has 4 aromatic rings. The van der Waals surface area contributed by atoms with Crippen molar-refractivity contribution in [3.05, 3.63) is 80.3 Å². The molecular formula is C24H19ClN4OS. The van der Waals surface area contributed by atoms with E-state index in [0.29, 0.717) is 5.02 Å². The first kappa shape index (κ1) is 19.8. The van der Waals surface area contributed by atoms with Gasteiger partial charge in [0.15, 0.2) is 5.76 Å². The summed E-state index contributed by atoms with van der Waals surface area (Å²) in [6.45, 7) is 6.11. The zero-order valence-corrected chi connectivity index (χ0v) is 19.1. The number of halogens is 1. The van der Waals surface area contributed by atoms with Crippen LogP contribution in [0.1, 0.15) is 51.6 Å². The lowest BCUT2D eigenvalue weighted by Gasteiger charge is -2.09. The van der Waals surface area contributed by atoms with E-state index in [4.69, 9.17) is 21.1 Å². The van der Waals surface area contributed by atoms with Crippen LogP contribution in [0.3, 0.4) is 0 Å². The molecule has 0 unspecified atom stereocenters. The summed E-state index contributed by atoms with van der Waals surface area (Å²) in [5, 5.41) is 9.13. The fourth-order valence-corrected chi connectivity index (χ4v) is 5.19. The molecule has 0 radical (unpaired) electrons. The number of hydrogen-bond donors (Lipinski definition) is 0. The standard InChI is InChI=1S/C24H19ClN4OS/c1-13-19(10-5-16-11-26-29(4)12-16)31-24-20(13)22(17-6-8-18(25)9-7-17)27-15(3)23-21(24)14(2)28-30-23/h6-9,11-12,15H,1-4H3/t15-/m0/s1. The molecule has 0 amide bonds. The Morgan fingerprint density at radius 1 is 1.13 bits per heavy atom. The number of thiophene rings is 1. The number of aryl methyl sites for hydroxylation is 2. The second-order valence-corrected chi connectivity index (χ2v) is 9.04. The zero-order chi connectivity index (χ0) is 21.7. The van der Waals surface area contributed by atoms with Gasteiger partial charge in [-0.1, -0.05) is 40.7 Å². The quantitative estimate of drug-likeness (QED) is 0.351. The summed E-state index contributed by atoms with van der Waals surface area (Å²) < 4.78 is 7.45. The minimum absolute atomic E-state index is 0.147. The van der Waals surface area contributed by atoms with Crippen LogP contribution in [0.5, 0.6) is 0 Å². The van der Waals surface area contributed by atoms with E-state index in [1.54, 1.807) is 22.2 Å². The molecule has 0 spiro atoms. The maximum Gasteiger partial charge on any atom is 0.169 e. The van der Waals surface area contributed by atoms with Crippen LogP contribution in [0, 0.1) is 25.7 Å². The molecule has 0 fully saturated rings. The van der Waals surface area contributed by atoms with Crippen LogP contribution in [0.4, 0.5) is 0 Å². The number of rotatable bonds is 1.